The van der Waals surface area contributed by atoms with Crippen LogP contribution in [0.3, 0.4) is 0 Å². The molecule has 1 fully saturated rings. The molecular formula is C34H34NO+. The fourth-order valence-corrected chi connectivity index (χ4v) is 5.60. The van der Waals surface area contributed by atoms with Gasteiger partial charge in [-0.2, -0.15) is 0 Å². The maximum Gasteiger partial charge on any atom is 0.177 e. The summed E-state index contributed by atoms with van der Waals surface area (Å²) in [6.45, 7) is 2.78. The normalized spacial score (nSPS) is 16.5. The van der Waals surface area contributed by atoms with Gasteiger partial charge in [-0.1, -0.05) is 127 Å². The molecule has 0 atom stereocenters. The summed E-state index contributed by atoms with van der Waals surface area (Å²) in [5.41, 5.74) is 3.11. The third-order valence-electron chi connectivity index (χ3n) is 7.92. The lowest BCUT2D eigenvalue weighted by Gasteiger charge is -2.46. The minimum absolute atomic E-state index is 0.0303. The Morgan fingerprint density at radius 1 is 0.667 bits per heavy atom. The molecule has 180 valence electrons. The van der Waals surface area contributed by atoms with Crippen molar-refractivity contribution in [1.29, 1.82) is 0 Å². The van der Waals surface area contributed by atoms with Gasteiger partial charge in [-0.3, -0.25) is 0 Å². The van der Waals surface area contributed by atoms with Gasteiger partial charge in [0, 0.05) is 29.4 Å². The van der Waals surface area contributed by atoms with Crippen LogP contribution in [-0.4, -0.2) is 36.3 Å². The first-order valence-electron chi connectivity index (χ1n) is 12.8. The highest BCUT2D eigenvalue weighted by atomic mass is 16.3. The molecule has 2 nitrogen and oxygen atoms in total. The summed E-state index contributed by atoms with van der Waals surface area (Å²) in [6.07, 6.45) is 2.14. The molecule has 36 heavy (non-hydrogen) atoms. The minimum atomic E-state index is -1.32. The Morgan fingerprint density at radius 3 is 1.47 bits per heavy atom. The van der Waals surface area contributed by atoms with Crippen LogP contribution in [0.4, 0.5) is 0 Å². The quantitative estimate of drug-likeness (QED) is 0.273. The Hall–Kier alpha value is -3.64. The predicted octanol–water partition coefficient (Wildman–Crippen LogP) is 6.15. The van der Waals surface area contributed by atoms with Crippen molar-refractivity contribution in [2.75, 3.05) is 26.7 Å². The van der Waals surface area contributed by atoms with Gasteiger partial charge in [-0.15, -0.1) is 0 Å². The Labute approximate surface area is 215 Å². The predicted molar refractivity (Wildman–Crippen MR) is 147 cm³/mol. The average molecular weight is 473 g/mol. The molecule has 5 rings (SSSR count). The number of hydrogen-bond acceptors (Lipinski definition) is 1. The van der Waals surface area contributed by atoms with E-state index in [9.17, 15) is 5.11 Å². The van der Waals surface area contributed by atoms with Crippen molar-refractivity contribution in [2.24, 2.45) is 0 Å². The van der Waals surface area contributed by atoms with Crippen LogP contribution in [0.25, 0.3) is 0 Å². The lowest BCUT2D eigenvalue weighted by molar-refractivity contribution is -0.908. The van der Waals surface area contributed by atoms with Crippen molar-refractivity contribution in [3.05, 3.63) is 144 Å². The second-order valence-corrected chi connectivity index (χ2v) is 10.3. The van der Waals surface area contributed by atoms with Crippen molar-refractivity contribution < 1.29 is 9.59 Å². The average Bonchev–Trinajstić information content (AvgIpc) is 2.95. The van der Waals surface area contributed by atoms with Gasteiger partial charge in [0.1, 0.15) is 6.54 Å². The molecular weight excluding hydrogens is 438 g/mol. The zero-order valence-electron chi connectivity index (χ0n) is 21.0. The van der Waals surface area contributed by atoms with Gasteiger partial charge in [0.15, 0.2) is 5.60 Å². The van der Waals surface area contributed by atoms with Gasteiger partial charge in [-0.25, -0.2) is 0 Å². The molecule has 1 N–H and O–H groups in total. The molecule has 0 bridgehead atoms. The zero-order valence-corrected chi connectivity index (χ0v) is 21.0. The third-order valence-corrected chi connectivity index (χ3v) is 7.92. The number of piperidine rings is 1. The van der Waals surface area contributed by atoms with Gasteiger partial charge in [-0.05, 0) is 17.0 Å². The molecule has 0 aliphatic carbocycles. The highest BCUT2D eigenvalue weighted by Gasteiger charge is 2.42. The van der Waals surface area contributed by atoms with Gasteiger partial charge in [0.05, 0.1) is 20.1 Å². The van der Waals surface area contributed by atoms with Crippen molar-refractivity contribution >= 4 is 0 Å². The van der Waals surface area contributed by atoms with Gasteiger partial charge < -0.3 is 9.59 Å². The largest absolute Gasteiger partial charge is 0.369 e. The minimum Gasteiger partial charge on any atom is -0.369 e. The van der Waals surface area contributed by atoms with Crippen molar-refractivity contribution in [3.8, 4) is 11.8 Å². The summed E-state index contributed by atoms with van der Waals surface area (Å²) in [6, 6.07) is 41.5. The summed E-state index contributed by atoms with van der Waals surface area (Å²) < 4.78 is 0.883. The highest BCUT2D eigenvalue weighted by Crippen LogP contribution is 2.43. The second kappa shape index (κ2) is 10.2. The van der Waals surface area contributed by atoms with E-state index in [2.05, 4.69) is 79.6 Å². The first kappa shape index (κ1) is 24.1. The van der Waals surface area contributed by atoms with Crippen LogP contribution in [0.1, 0.15) is 35.1 Å². The number of likely N-dealkylation sites (tertiary alicyclic amines) is 1. The maximum absolute atomic E-state index is 11.8. The van der Waals surface area contributed by atoms with Crippen LogP contribution in [0.15, 0.2) is 121 Å². The SMILES string of the molecule is C[N+]1(CC#CC(O)(c2ccccc2)c2ccccc2)CCC(c2ccccc2)(c2ccccc2)CC1. The lowest BCUT2D eigenvalue weighted by atomic mass is 9.67. The number of benzene rings is 4. The number of hydrogen-bond donors (Lipinski definition) is 1. The highest BCUT2D eigenvalue weighted by molar-refractivity contribution is 5.44. The summed E-state index contributed by atoms with van der Waals surface area (Å²) in [7, 11) is 2.30. The van der Waals surface area contributed by atoms with Crippen molar-refractivity contribution in [1.82, 2.24) is 0 Å². The first-order valence-corrected chi connectivity index (χ1v) is 12.8. The molecule has 1 saturated heterocycles. The Kier molecular flexibility index (Phi) is 6.79. The number of quaternary nitrogens is 1. The van der Waals surface area contributed by atoms with E-state index in [1.807, 2.05) is 60.7 Å². The van der Waals surface area contributed by atoms with Crippen LogP contribution in [0, 0.1) is 11.8 Å². The Bertz CT molecular complexity index is 1230. The Morgan fingerprint density at radius 2 is 1.06 bits per heavy atom. The molecule has 1 aliphatic heterocycles. The van der Waals surface area contributed by atoms with Crippen LogP contribution in [0.5, 0.6) is 0 Å². The van der Waals surface area contributed by atoms with Gasteiger partial charge in [0.25, 0.3) is 0 Å². The maximum atomic E-state index is 11.8. The topological polar surface area (TPSA) is 20.2 Å². The summed E-state index contributed by atoms with van der Waals surface area (Å²) in [5.74, 6) is 6.69. The number of rotatable bonds is 5. The van der Waals surface area contributed by atoms with E-state index in [1.165, 1.54) is 11.1 Å². The van der Waals surface area contributed by atoms with E-state index in [0.29, 0.717) is 6.54 Å². The third kappa shape index (κ3) is 4.73. The number of aliphatic hydroxyl groups is 1. The van der Waals surface area contributed by atoms with E-state index < -0.39 is 5.60 Å². The molecule has 0 unspecified atom stereocenters. The lowest BCUT2D eigenvalue weighted by Crippen LogP contribution is -2.54. The molecule has 0 aromatic heterocycles. The fourth-order valence-electron chi connectivity index (χ4n) is 5.60. The summed E-state index contributed by atoms with van der Waals surface area (Å²) >= 11 is 0. The monoisotopic (exact) mass is 472 g/mol. The fraction of sp³-hybridized carbons (Fsp3) is 0.235. The molecule has 1 heterocycles. The molecule has 2 heteroatoms. The second-order valence-electron chi connectivity index (χ2n) is 10.3. The molecule has 0 amide bonds. The van der Waals surface area contributed by atoms with Crippen LogP contribution < -0.4 is 0 Å². The first-order chi connectivity index (χ1) is 17.5. The molecule has 0 spiro atoms. The van der Waals surface area contributed by atoms with Crippen molar-refractivity contribution in [2.45, 2.75) is 23.9 Å². The number of nitrogens with zero attached hydrogens (tertiary/aromatic N) is 1. The summed E-state index contributed by atoms with van der Waals surface area (Å²) in [5, 5.41) is 11.8. The van der Waals surface area contributed by atoms with Crippen LogP contribution in [-0.2, 0) is 11.0 Å². The standard InChI is InChI=1S/C34H34NO/c1-35(26-14-23-34(36,31-19-10-4-11-20-31)32-21-12-5-13-22-32)27-24-33(25-28-35,29-15-6-2-7-16-29)30-17-8-3-9-18-30/h2-13,15-22,36H,24-28H2,1H3/q+1. The van der Waals surface area contributed by atoms with Crippen LogP contribution >= 0.6 is 0 Å². The molecule has 4 aromatic carbocycles. The van der Waals surface area contributed by atoms with Gasteiger partial charge in [0.2, 0.25) is 0 Å². The molecule has 0 radical (unpaired) electrons. The van der Waals surface area contributed by atoms with Gasteiger partial charge >= 0.3 is 0 Å². The molecule has 0 saturated carbocycles. The zero-order chi connectivity index (χ0) is 24.9. The van der Waals surface area contributed by atoms with E-state index in [-0.39, 0.29) is 5.41 Å². The summed E-state index contributed by atoms with van der Waals surface area (Å²) in [4.78, 5) is 0. The van der Waals surface area contributed by atoms with E-state index in [4.69, 9.17) is 0 Å². The van der Waals surface area contributed by atoms with E-state index in [1.54, 1.807) is 0 Å². The van der Waals surface area contributed by atoms with Crippen molar-refractivity contribution in [3.63, 3.8) is 0 Å². The Balaban J connectivity index is 1.40. The van der Waals surface area contributed by atoms with Crippen LogP contribution in [0.2, 0.25) is 0 Å². The van der Waals surface area contributed by atoms with E-state index in [0.717, 1.165) is 41.5 Å². The molecule has 4 aromatic rings. The smallest absolute Gasteiger partial charge is 0.177 e. The molecule has 1 aliphatic rings. The van der Waals surface area contributed by atoms with E-state index >= 15 is 0 Å².